The number of carbonyl (C=O) groups excluding carboxylic acids is 2. The molecule has 1 amide bonds. The van der Waals surface area contributed by atoms with Gasteiger partial charge in [0.2, 0.25) is 5.91 Å². The molecule has 0 saturated carbocycles. The Labute approximate surface area is 126 Å². The van der Waals surface area contributed by atoms with E-state index in [9.17, 15) is 14.7 Å². The first-order valence-corrected chi connectivity index (χ1v) is 6.87. The van der Waals surface area contributed by atoms with Gasteiger partial charge >= 0.3 is 0 Å². The second kappa shape index (κ2) is 6.29. The molecule has 2 rings (SSSR count). The number of benzene rings is 1. The lowest BCUT2D eigenvalue weighted by Gasteiger charge is -2.28. The molecule has 2 unspecified atom stereocenters. The van der Waals surface area contributed by atoms with Gasteiger partial charge in [0.25, 0.3) is 0 Å². The number of aliphatic carboxylic acids is 1. The van der Waals surface area contributed by atoms with Crippen LogP contribution in [0, 0.1) is 11.8 Å². The van der Waals surface area contributed by atoms with E-state index in [1.807, 2.05) is 0 Å². The maximum Gasteiger partial charge on any atom is 0.228 e. The first kappa shape index (κ1) is 14.9. The molecule has 1 aromatic rings. The van der Waals surface area contributed by atoms with Crippen molar-refractivity contribution in [2.45, 2.75) is 12.8 Å². The zero-order chi connectivity index (χ0) is 14.7. The number of nitrogens with one attached hydrogen (secondary N) is 1. The predicted molar refractivity (Wildman–Crippen MR) is 75.5 cm³/mol. The number of rotatable bonds is 3. The molecule has 0 spiro atoms. The molecule has 1 N–H and O–H groups in total. The number of hydrogen-bond acceptors (Lipinski definition) is 3. The van der Waals surface area contributed by atoms with Crippen LogP contribution in [0.3, 0.4) is 0 Å². The second-order valence-corrected chi connectivity index (χ2v) is 5.35. The second-order valence-electron chi connectivity index (χ2n) is 4.57. The van der Waals surface area contributed by atoms with Crippen molar-refractivity contribution in [3.63, 3.8) is 0 Å². The third-order valence-corrected chi connectivity index (χ3v) is 4.10. The van der Waals surface area contributed by atoms with Crippen molar-refractivity contribution in [1.82, 2.24) is 0 Å². The third kappa shape index (κ3) is 3.14. The van der Waals surface area contributed by atoms with E-state index in [2.05, 4.69) is 5.32 Å². The Morgan fingerprint density at radius 1 is 1.15 bits per heavy atom. The lowest BCUT2D eigenvalue weighted by Crippen LogP contribution is -2.41. The smallest absolute Gasteiger partial charge is 0.228 e. The molecule has 1 aliphatic rings. The molecule has 0 bridgehead atoms. The highest BCUT2D eigenvalue weighted by Gasteiger charge is 2.30. The van der Waals surface area contributed by atoms with Crippen LogP contribution in [0.5, 0.6) is 0 Å². The van der Waals surface area contributed by atoms with Crippen molar-refractivity contribution in [2.24, 2.45) is 11.8 Å². The van der Waals surface area contributed by atoms with E-state index in [1.54, 1.807) is 30.4 Å². The Bertz CT molecular complexity index is 572. The predicted octanol–water partition coefficient (Wildman–Crippen LogP) is 2.26. The van der Waals surface area contributed by atoms with E-state index < -0.39 is 23.7 Å². The standard InChI is InChI=1S/C14H13Cl2NO3/c15-10-6-3-7-11(12(10)16)17-13(18)8-4-1-2-5-9(8)14(19)20/h1-3,6-9H,4-5H2,(H,17,18)(H,19,20)/p-1. The normalized spacial score (nSPS) is 21.5. The van der Waals surface area contributed by atoms with Crippen LogP contribution >= 0.6 is 23.2 Å². The summed E-state index contributed by atoms with van der Waals surface area (Å²) in [6.45, 7) is 0. The zero-order valence-corrected chi connectivity index (χ0v) is 11.9. The Hall–Kier alpha value is -1.52. The van der Waals surface area contributed by atoms with E-state index in [4.69, 9.17) is 23.2 Å². The molecule has 1 aromatic carbocycles. The topological polar surface area (TPSA) is 69.2 Å². The van der Waals surface area contributed by atoms with Crippen LogP contribution < -0.4 is 10.4 Å². The van der Waals surface area contributed by atoms with Crippen LogP contribution in [-0.4, -0.2) is 11.9 Å². The van der Waals surface area contributed by atoms with Crippen LogP contribution in [0.15, 0.2) is 30.4 Å². The van der Waals surface area contributed by atoms with Gasteiger partial charge in [-0.2, -0.15) is 0 Å². The molecule has 0 aliphatic heterocycles. The minimum absolute atomic E-state index is 0.235. The first-order valence-electron chi connectivity index (χ1n) is 6.11. The number of carbonyl (C=O) groups is 2. The summed E-state index contributed by atoms with van der Waals surface area (Å²) in [5, 5.41) is 14.3. The van der Waals surface area contributed by atoms with Gasteiger partial charge < -0.3 is 15.2 Å². The van der Waals surface area contributed by atoms with Gasteiger partial charge in [-0.15, -0.1) is 0 Å². The molecule has 2 atom stereocenters. The molecule has 0 fully saturated rings. The highest BCUT2D eigenvalue weighted by Crippen LogP contribution is 2.31. The molecule has 0 aromatic heterocycles. The minimum atomic E-state index is -1.22. The maximum absolute atomic E-state index is 12.2. The van der Waals surface area contributed by atoms with Crippen LogP contribution in [0.4, 0.5) is 5.69 Å². The Balaban J connectivity index is 2.17. The van der Waals surface area contributed by atoms with Gasteiger partial charge in [0.15, 0.2) is 0 Å². The average molecular weight is 313 g/mol. The lowest BCUT2D eigenvalue weighted by atomic mass is 9.82. The summed E-state index contributed by atoms with van der Waals surface area (Å²) in [5.41, 5.74) is 0.371. The van der Waals surface area contributed by atoms with Crippen molar-refractivity contribution in [2.75, 3.05) is 5.32 Å². The van der Waals surface area contributed by atoms with Crippen LogP contribution in [0.1, 0.15) is 12.8 Å². The van der Waals surface area contributed by atoms with Crippen LogP contribution in [0.2, 0.25) is 10.0 Å². The highest BCUT2D eigenvalue weighted by molar-refractivity contribution is 6.44. The van der Waals surface area contributed by atoms with Gasteiger partial charge in [-0.05, 0) is 25.0 Å². The molecule has 6 heteroatoms. The van der Waals surface area contributed by atoms with Crippen LogP contribution in [-0.2, 0) is 9.59 Å². The number of hydrogen-bond donors (Lipinski definition) is 1. The summed E-state index contributed by atoms with van der Waals surface area (Å²) in [6, 6.07) is 4.87. The third-order valence-electron chi connectivity index (χ3n) is 3.28. The Morgan fingerprint density at radius 2 is 1.80 bits per heavy atom. The minimum Gasteiger partial charge on any atom is -0.550 e. The number of carboxylic acid groups (broad SMARTS) is 1. The van der Waals surface area contributed by atoms with Gasteiger partial charge in [0.1, 0.15) is 0 Å². The Morgan fingerprint density at radius 3 is 2.45 bits per heavy atom. The molecular weight excluding hydrogens is 301 g/mol. The monoisotopic (exact) mass is 312 g/mol. The highest BCUT2D eigenvalue weighted by atomic mass is 35.5. The zero-order valence-electron chi connectivity index (χ0n) is 10.4. The number of halogens is 2. The van der Waals surface area contributed by atoms with Gasteiger partial charge in [0, 0.05) is 11.9 Å². The molecule has 4 nitrogen and oxygen atoms in total. The SMILES string of the molecule is O=C([O-])C1CC=CCC1C(=O)Nc1cccc(Cl)c1Cl. The summed E-state index contributed by atoms with van der Waals surface area (Å²) < 4.78 is 0. The largest absolute Gasteiger partial charge is 0.550 e. The van der Waals surface area contributed by atoms with E-state index >= 15 is 0 Å². The average Bonchev–Trinajstić information content (AvgIpc) is 2.43. The van der Waals surface area contributed by atoms with Crippen molar-refractivity contribution >= 4 is 40.8 Å². The van der Waals surface area contributed by atoms with E-state index in [-0.39, 0.29) is 5.02 Å². The van der Waals surface area contributed by atoms with Crippen molar-refractivity contribution in [3.05, 3.63) is 40.4 Å². The fourth-order valence-electron chi connectivity index (χ4n) is 2.19. The summed E-state index contributed by atoms with van der Waals surface area (Å²) in [7, 11) is 0. The summed E-state index contributed by atoms with van der Waals surface area (Å²) in [4.78, 5) is 23.3. The van der Waals surface area contributed by atoms with Crippen molar-refractivity contribution in [1.29, 1.82) is 0 Å². The molecule has 0 radical (unpaired) electrons. The van der Waals surface area contributed by atoms with Crippen LogP contribution in [0.25, 0.3) is 0 Å². The van der Waals surface area contributed by atoms with Gasteiger partial charge in [-0.1, -0.05) is 41.4 Å². The summed E-state index contributed by atoms with van der Waals surface area (Å²) in [6.07, 6.45) is 4.20. The molecular formula is C14H12Cl2NO3-. The molecule has 20 heavy (non-hydrogen) atoms. The van der Waals surface area contributed by atoms with Gasteiger partial charge in [0.05, 0.1) is 21.7 Å². The fraction of sp³-hybridized carbons (Fsp3) is 0.286. The number of carboxylic acids is 1. The molecule has 0 heterocycles. The lowest BCUT2D eigenvalue weighted by molar-refractivity contribution is -0.313. The molecule has 106 valence electrons. The first-order chi connectivity index (χ1) is 9.50. The maximum atomic E-state index is 12.2. The van der Waals surface area contributed by atoms with Crippen molar-refractivity contribution in [3.8, 4) is 0 Å². The molecule has 0 saturated heterocycles. The number of anilines is 1. The quantitative estimate of drug-likeness (QED) is 0.870. The van der Waals surface area contributed by atoms with E-state index in [0.29, 0.717) is 23.6 Å². The number of allylic oxidation sites excluding steroid dienone is 2. The Kier molecular flexibility index (Phi) is 4.68. The number of amides is 1. The van der Waals surface area contributed by atoms with Crippen molar-refractivity contribution < 1.29 is 14.7 Å². The molecule has 1 aliphatic carbocycles. The van der Waals surface area contributed by atoms with Gasteiger partial charge in [-0.3, -0.25) is 4.79 Å². The van der Waals surface area contributed by atoms with E-state index in [0.717, 1.165) is 0 Å². The fourth-order valence-corrected chi connectivity index (χ4v) is 2.54. The summed E-state index contributed by atoms with van der Waals surface area (Å²) in [5.74, 6) is -3.10. The van der Waals surface area contributed by atoms with Gasteiger partial charge in [-0.25, -0.2) is 0 Å². The van der Waals surface area contributed by atoms with E-state index in [1.165, 1.54) is 0 Å². The summed E-state index contributed by atoms with van der Waals surface area (Å²) >= 11 is 11.8.